The zero-order chi connectivity index (χ0) is 26.8. The molecule has 0 aromatic carbocycles. The maximum absolute atomic E-state index is 12.2. The van der Waals surface area contributed by atoms with E-state index in [1.165, 1.54) is 24.5 Å². The quantitative estimate of drug-likeness (QED) is 0.175. The van der Waals surface area contributed by atoms with Crippen molar-refractivity contribution >= 4 is 47.1 Å². The third-order valence-corrected chi connectivity index (χ3v) is 4.72. The molecule has 0 spiro atoms. The summed E-state index contributed by atoms with van der Waals surface area (Å²) >= 11 is 5.19. The molecule has 14 nitrogen and oxygen atoms in total. The minimum atomic E-state index is -1.36. The number of ether oxygens (including phenoxy) is 5. The van der Waals surface area contributed by atoms with Crippen LogP contribution in [0.4, 0.5) is 0 Å². The van der Waals surface area contributed by atoms with Gasteiger partial charge in [-0.1, -0.05) is 0 Å². The summed E-state index contributed by atoms with van der Waals surface area (Å²) in [6.07, 6.45) is -3.60. The highest BCUT2D eigenvalue weighted by Gasteiger charge is 2.52. The Morgan fingerprint density at radius 3 is 1.97 bits per heavy atom. The first-order valence-corrected chi connectivity index (χ1v) is 11.0. The Balaban J connectivity index is 2.26. The SMILES string of the molecule is CC(=O)OC[C@@H]1O[C@H](NC(=S)NNC(=O)c2ccncc2)[C@H](OC(C)=O)[C@H](OC(C)=O)[C@H]1OC(C)=O. The van der Waals surface area contributed by atoms with Crippen molar-refractivity contribution < 1.29 is 47.7 Å². The van der Waals surface area contributed by atoms with Gasteiger partial charge in [0.15, 0.2) is 29.7 Å². The number of amides is 1. The molecule has 0 aliphatic carbocycles. The van der Waals surface area contributed by atoms with Crippen LogP contribution in [0.1, 0.15) is 38.1 Å². The first-order chi connectivity index (χ1) is 17.0. The number of pyridine rings is 1. The third-order valence-electron chi connectivity index (χ3n) is 4.50. The van der Waals surface area contributed by atoms with Crippen LogP contribution in [0.3, 0.4) is 0 Å². The molecule has 0 saturated carbocycles. The summed E-state index contributed by atoms with van der Waals surface area (Å²) in [5.74, 6) is -3.46. The molecule has 0 radical (unpaired) electrons. The number of hydrazine groups is 1. The Morgan fingerprint density at radius 2 is 1.42 bits per heavy atom. The second kappa shape index (κ2) is 13.3. The van der Waals surface area contributed by atoms with Gasteiger partial charge in [0.25, 0.3) is 5.91 Å². The number of nitrogens with zero attached hydrogens (tertiary/aromatic N) is 1. The number of hydrogen-bond donors (Lipinski definition) is 3. The molecule has 15 heteroatoms. The number of thiocarbonyl (C=S) groups is 1. The fourth-order valence-corrected chi connectivity index (χ4v) is 3.37. The van der Waals surface area contributed by atoms with Crippen LogP contribution in [0, 0.1) is 0 Å². The summed E-state index contributed by atoms with van der Waals surface area (Å²) in [7, 11) is 0. The zero-order valence-corrected chi connectivity index (χ0v) is 20.7. The largest absolute Gasteiger partial charge is 0.463 e. The van der Waals surface area contributed by atoms with Crippen molar-refractivity contribution in [1.29, 1.82) is 0 Å². The number of nitrogens with one attached hydrogen (secondary N) is 3. The van der Waals surface area contributed by atoms with Crippen LogP contribution in [0.5, 0.6) is 0 Å². The first kappa shape index (κ1) is 28.4. The Kier molecular flexibility index (Phi) is 10.5. The molecule has 3 N–H and O–H groups in total. The highest BCUT2D eigenvalue weighted by atomic mass is 32.1. The monoisotopic (exact) mass is 526 g/mol. The second-order valence-electron chi connectivity index (χ2n) is 7.41. The first-order valence-electron chi connectivity index (χ1n) is 10.5. The molecule has 196 valence electrons. The maximum atomic E-state index is 12.2. The van der Waals surface area contributed by atoms with Crippen molar-refractivity contribution in [2.45, 2.75) is 58.3 Å². The second-order valence-corrected chi connectivity index (χ2v) is 7.82. The summed E-state index contributed by atoms with van der Waals surface area (Å²) < 4.78 is 26.8. The molecule has 1 aromatic rings. The highest BCUT2D eigenvalue weighted by molar-refractivity contribution is 7.80. The molecule has 1 aromatic heterocycles. The van der Waals surface area contributed by atoms with E-state index in [0.717, 1.165) is 27.7 Å². The third kappa shape index (κ3) is 8.74. The van der Waals surface area contributed by atoms with E-state index in [2.05, 4.69) is 21.2 Å². The molecular weight excluding hydrogens is 500 g/mol. The summed E-state index contributed by atoms with van der Waals surface area (Å²) in [6.45, 7) is 4.10. The summed E-state index contributed by atoms with van der Waals surface area (Å²) in [5, 5.41) is 2.53. The van der Waals surface area contributed by atoms with E-state index in [1.54, 1.807) is 0 Å². The van der Waals surface area contributed by atoms with Crippen LogP contribution in [0.15, 0.2) is 24.5 Å². The molecule has 0 unspecified atom stereocenters. The average Bonchev–Trinajstić information content (AvgIpc) is 2.79. The van der Waals surface area contributed by atoms with E-state index in [1.807, 2.05) is 0 Å². The van der Waals surface area contributed by atoms with Crippen molar-refractivity contribution in [2.75, 3.05) is 6.61 Å². The van der Waals surface area contributed by atoms with Gasteiger partial charge in [0.1, 0.15) is 12.7 Å². The molecule has 1 fully saturated rings. The fourth-order valence-electron chi connectivity index (χ4n) is 3.20. The minimum absolute atomic E-state index is 0.168. The summed E-state index contributed by atoms with van der Waals surface area (Å²) in [5.41, 5.74) is 5.13. The van der Waals surface area contributed by atoms with E-state index >= 15 is 0 Å². The predicted molar refractivity (Wildman–Crippen MR) is 123 cm³/mol. The number of rotatable bonds is 7. The topological polar surface area (TPSA) is 180 Å². The van der Waals surface area contributed by atoms with Crippen LogP contribution in [0.25, 0.3) is 0 Å². The van der Waals surface area contributed by atoms with Gasteiger partial charge < -0.3 is 29.0 Å². The van der Waals surface area contributed by atoms with Crippen molar-refractivity contribution in [3.63, 3.8) is 0 Å². The lowest BCUT2D eigenvalue weighted by Crippen LogP contribution is -2.67. The van der Waals surface area contributed by atoms with E-state index in [0.29, 0.717) is 5.56 Å². The molecule has 2 rings (SSSR count). The average molecular weight is 527 g/mol. The van der Waals surface area contributed by atoms with Gasteiger partial charge in [0.05, 0.1) is 0 Å². The van der Waals surface area contributed by atoms with Gasteiger partial charge in [-0.15, -0.1) is 0 Å². The zero-order valence-electron chi connectivity index (χ0n) is 19.8. The van der Waals surface area contributed by atoms with Crippen LogP contribution in [-0.4, -0.2) is 77.1 Å². The fraction of sp³-hybridized carbons (Fsp3) is 0.476. The Bertz CT molecular complexity index is 992. The van der Waals surface area contributed by atoms with Gasteiger partial charge in [0, 0.05) is 45.7 Å². The van der Waals surface area contributed by atoms with Gasteiger partial charge in [0.2, 0.25) is 0 Å². The van der Waals surface area contributed by atoms with Crippen LogP contribution < -0.4 is 16.2 Å². The number of esters is 4. The number of hydrogen-bond acceptors (Lipinski definition) is 12. The Hall–Kier alpha value is -3.85. The number of carbonyl (C=O) groups excluding carboxylic acids is 5. The van der Waals surface area contributed by atoms with Gasteiger partial charge >= 0.3 is 23.9 Å². The molecular formula is C21H26N4O10S. The van der Waals surface area contributed by atoms with Crippen molar-refractivity contribution in [3.05, 3.63) is 30.1 Å². The smallest absolute Gasteiger partial charge is 0.303 e. The van der Waals surface area contributed by atoms with Crippen molar-refractivity contribution in [3.8, 4) is 0 Å². The van der Waals surface area contributed by atoms with Crippen LogP contribution >= 0.6 is 12.2 Å². The predicted octanol–water partition coefficient (Wildman–Crippen LogP) is -0.726. The molecule has 2 heterocycles. The molecule has 5 atom stereocenters. The van der Waals surface area contributed by atoms with Gasteiger partial charge in [-0.25, -0.2) is 0 Å². The molecule has 1 aliphatic heterocycles. The standard InChI is InChI=1S/C21H26N4O10S/c1-10(26)31-9-15-16(32-11(2)27)17(33-12(3)28)18(34-13(4)29)20(35-15)23-21(36)25-24-19(30)14-5-7-22-8-6-14/h5-8,15-18,20H,9H2,1-4H3,(H,24,30)(H2,23,25,36)/t15-,16-,17+,18+,20-/m0/s1. The molecule has 1 saturated heterocycles. The van der Waals surface area contributed by atoms with E-state index in [9.17, 15) is 24.0 Å². The molecule has 1 amide bonds. The van der Waals surface area contributed by atoms with E-state index in [4.69, 9.17) is 35.9 Å². The van der Waals surface area contributed by atoms with Gasteiger partial charge in [-0.2, -0.15) is 0 Å². The lowest BCUT2D eigenvalue weighted by Gasteiger charge is -2.44. The number of aromatic nitrogens is 1. The molecule has 36 heavy (non-hydrogen) atoms. The van der Waals surface area contributed by atoms with Gasteiger partial charge in [-0.05, 0) is 24.4 Å². The van der Waals surface area contributed by atoms with E-state index in [-0.39, 0.29) is 5.11 Å². The van der Waals surface area contributed by atoms with Gasteiger partial charge in [-0.3, -0.25) is 39.8 Å². The van der Waals surface area contributed by atoms with Crippen LogP contribution in [-0.2, 0) is 42.9 Å². The Morgan fingerprint density at radius 1 is 0.861 bits per heavy atom. The summed E-state index contributed by atoms with van der Waals surface area (Å²) in [4.78, 5) is 62.9. The minimum Gasteiger partial charge on any atom is -0.463 e. The van der Waals surface area contributed by atoms with Crippen molar-refractivity contribution in [1.82, 2.24) is 21.2 Å². The summed E-state index contributed by atoms with van der Waals surface area (Å²) in [6, 6.07) is 2.96. The number of carbonyl (C=O) groups is 5. The highest BCUT2D eigenvalue weighted by Crippen LogP contribution is 2.28. The van der Waals surface area contributed by atoms with E-state index < -0.39 is 67.0 Å². The van der Waals surface area contributed by atoms with Crippen LogP contribution in [0.2, 0.25) is 0 Å². The maximum Gasteiger partial charge on any atom is 0.303 e. The lowest BCUT2D eigenvalue weighted by atomic mass is 9.97. The Labute approximate surface area is 211 Å². The normalized spacial score (nSPS) is 22.8. The lowest BCUT2D eigenvalue weighted by molar-refractivity contribution is -0.254. The van der Waals surface area contributed by atoms with Crippen molar-refractivity contribution in [2.24, 2.45) is 0 Å². The molecule has 0 bridgehead atoms. The molecule has 1 aliphatic rings.